The van der Waals surface area contributed by atoms with Crippen LogP contribution in [0.25, 0.3) is 0 Å². The molecular weight excluding hydrogens is 355 g/mol. The predicted octanol–water partition coefficient (Wildman–Crippen LogP) is 1.39. The molecular formula is C13H27IN4O. The quantitative estimate of drug-likeness (QED) is 0.456. The average Bonchev–Trinajstić information content (AvgIpc) is 2.36. The number of rotatable bonds is 3. The first-order chi connectivity index (χ1) is 8.58. The van der Waals surface area contributed by atoms with Crippen LogP contribution in [0.15, 0.2) is 4.99 Å². The molecule has 1 rings (SSSR count). The zero-order chi connectivity index (χ0) is 13.5. The summed E-state index contributed by atoms with van der Waals surface area (Å²) in [6.07, 6.45) is 2.81. The van der Waals surface area contributed by atoms with Gasteiger partial charge in [0.05, 0.1) is 0 Å². The Kier molecular flexibility index (Phi) is 9.12. The molecule has 0 radical (unpaired) electrons. The minimum Gasteiger partial charge on any atom is -0.359 e. The van der Waals surface area contributed by atoms with Gasteiger partial charge in [0.25, 0.3) is 0 Å². The zero-order valence-electron chi connectivity index (χ0n) is 12.5. The molecule has 0 saturated carbocycles. The number of carbonyl (C=O) groups is 1. The van der Waals surface area contributed by atoms with Gasteiger partial charge in [-0.3, -0.25) is 9.79 Å². The molecule has 0 aromatic rings. The molecule has 1 aliphatic heterocycles. The molecule has 0 unspecified atom stereocenters. The number of nitrogens with zero attached hydrogens (tertiary/aromatic N) is 3. The number of hydrogen-bond donors (Lipinski definition) is 1. The van der Waals surface area contributed by atoms with Crippen LogP contribution in [0.1, 0.15) is 26.2 Å². The van der Waals surface area contributed by atoms with Crippen LogP contribution in [-0.2, 0) is 4.79 Å². The molecule has 19 heavy (non-hydrogen) atoms. The van der Waals surface area contributed by atoms with Crippen LogP contribution >= 0.6 is 24.0 Å². The minimum absolute atomic E-state index is 0. The first-order valence-corrected chi connectivity index (χ1v) is 6.75. The van der Waals surface area contributed by atoms with Crippen LogP contribution in [0.3, 0.4) is 0 Å². The van der Waals surface area contributed by atoms with Gasteiger partial charge < -0.3 is 15.1 Å². The van der Waals surface area contributed by atoms with Gasteiger partial charge in [0.15, 0.2) is 5.96 Å². The number of aliphatic imine (C=N–C) groups is 1. The third kappa shape index (κ3) is 5.97. The number of amides is 1. The monoisotopic (exact) mass is 382 g/mol. The third-order valence-corrected chi connectivity index (χ3v) is 3.35. The van der Waals surface area contributed by atoms with Gasteiger partial charge in [-0.25, -0.2) is 0 Å². The van der Waals surface area contributed by atoms with Crippen molar-refractivity contribution in [2.75, 3.05) is 40.8 Å². The van der Waals surface area contributed by atoms with Gasteiger partial charge in [0, 0.05) is 47.2 Å². The number of hydrogen-bond acceptors (Lipinski definition) is 2. The van der Waals surface area contributed by atoms with Gasteiger partial charge in [-0.15, -0.1) is 24.0 Å². The molecule has 0 aromatic heterocycles. The minimum atomic E-state index is 0. The lowest BCUT2D eigenvalue weighted by Gasteiger charge is -2.36. The topological polar surface area (TPSA) is 47.9 Å². The van der Waals surface area contributed by atoms with Crippen molar-refractivity contribution in [1.29, 1.82) is 0 Å². The maximum Gasteiger partial charge on any atom is 0.220 e. The van der Waals surface area contributed by atoms with E-state index in [1.54, 1.807) is 7.05 Å². The number of carbonyl (C=O) groups excluding carboxylic acids is 1. The molecule has 0 aliphatic carbocycles. The van der Waals surface area contributed by atoms with Crippen LogP contribution in [0.4, 0.5) is 0 Å². The van der Waals surface area contributed by atoms with Gasteiger partial charge in [-0.05, 0) is 25.7 Å². The predicted molar refractivity (Wildman–Crippen MR) is 90.1 cm³/mol. The highest BCUT2D eigenvalue weighted by atomic mass is 127. The molecule has 6 heteroatoms. The maximum atomic E-state index is 11.3. The number of nitrogens with one attached hydrogen (secondary N) is 1. The molecule has 112 valence electrons. The van der Waals surface area contributed by atoms with Crippen LogP contribution in [-0.4, -0.2) is 62.4 Å². The largest absolute Gasteiger partial charge is 0.359 e. The Hall–Kier alpha value is -0.530. The van der Waals surface area contributed by atoms with Crippen LogP contribution < -0.4 is 5.32 Å². The molecule has 5 nitrogen and oxygen atoms in total. The molecule has 0 bridgehead atoms. The Bertz CT molecular complexity index is 299. The van der Waals surface area contributed by atoms with E-state index in [9.17, 15) is 4.79 Å². The SMILES string of the molecule is CCN=C(N(C)C)N1CCC(CC(=O)NC)CC1.I. The van der Waals surface area contributed by atoms with Gasteiger partial charge >= 0.3 is 0 Å². The molecule has 0 atom stereocenters. The molecule has 0 aromatic carbocycles. The van der Waals surface area contributed by atoms with Gasteiger partial charge in [0.1, 0.15) is 0 Å². The highest BCUT2D eigenvalue weighted by molar-refractivity contribution is 14.0. The van der Waals surface area contributed by atoms with Crippen molar-refractivity contribution in [3.05, 3.63) is 0 Å². The average molecular weight is 382 g/mol. The van der Waals surface area contributed by atoms with E-state index in [4.69, 9.17) is 0 Å². The highest BCUT2D eigenvalue weighted by Crippen LogP contribution is 2.21. The number of piperidine rings is 1. The van der Waals surface area contributed by atoms with Gasteiger partial charge in [-0.2, -0.15) is 0 Å². The second-order valence-corrected chi connectivity index (χ2v) is 4.98. The summed E-state index contributed by atoms with van der Waals surface area (Å²) < 4.78 is 0. The summed E-state index contributed by atoms with van der Waals surface area (Å²) in [7, 11) is 5.77. The second kappa shape index (κ2) is 9.39. The Morgan fingerprint density at radius 1 is 1.37 bits per heavy atom. The van der Waals surface area contributed by atoms with Crippen molar-refractivity contribution >= 4 is 35.8 Å². The van der Waals surface area contributed by atoms with E-state index in [-0.39, 0.29) is 29.9 Å². The summed E-state index contributed by atoms with van der Waals surface area (Å²) in [6, 6.07) is 0. The summed E-state index contributed by atoms with van der Waals surface area (Å²) >= 11 is 0. The number of halogens is 1. The van der Waals surface area contributed by atoms with E-state index in [0.29, 0.717) is 12.3 Å². The smallest absolute Gasteiger partial charge is 0.220 e. The first-order valence-electron chi connectivity index (χ1n) is 6.75. The van der Waals surface area contributed by atoms with Gasteiger partial charge in [0.2, 0.25) is 5.91 Å². The van der Waals surface area contributed by atoms with Crippen molar-refractivity contribution in [3.63, 3.8) is 0 Å². The van der Waals surface area contributed by atoms with Gasteiger partial charge in [-0.1, -0.05) is 0 Å². The van der Waals surface area contributed by atoms with Crippen LogP contribution in [0.5, 0.6) is 0 Å². The Labute approximate surface area is 133 Å². The lowest BCUT2D eigenvalue weighted by Crippen LogP contribution is -2.45. The second-order valence-electron chi connectivity index (χ2n) is 4.98. The Morgan fingerprint density at radius 3 is 2.37 bits per heavy atom. The van der Waals surface area contributed by atoms with Crippen molar-refractivity contribution in [2.45, 2.75) is 26.2 Å². The summed E-state index contributed by atoms with van der Waals surface area (Å²) in [4.78, 5) is 20.3. The van der Waals surface area contributed by atoms with Crippen molar-refractivity contribution in [2.24, 2.45) is 10.9 Å². The lowest BCUT2D eigenvalue weighted by atomic mass is 9.93. The highest BCUT2D eigenvalue weighted by Gasteiger charge is 2.23. The Morgan fingerprint density at radius 2 is 1.95 bits per heavy atom. The molecule has 0 spiro atoms. The summed E-state index contributed by atoms with van der Waals surface area (Å²) in [5, 5.41) is 2.70. The summed E-state index contributed by atoms with van der Waals surface area (Å²) in [6.45, 7) is 4.87. The normalized spacial score (nSPS) is 16.8. The van der Waals surface area contributed by atoms with Crippen LogP contribution in [0.2, 0.25) is 0 Å². The zero-order valence-corrected chi connectivity index (χ0v) is 14.8. The van der Waals surface area contributed by atoms with Crippen LogP contribution in [0, 0.1) is 5.92 Å². The molecule has 1 amide bonds. The van der Waals surface area contributed by atoms with Crippen molar-refractivity contribution in [3.8, 4) is 0 Å². The van der Waals surface area contributed by atoms with Crippen molar-refractivity contribution < 1.29 is 4.79 Å². The maximum absolute atomic E-state index is 11.3. The molecule has 1 heterocycles. The fourth-order valence-corrected chi connectivity index (χ4v) is 2.37. The van der Waals surface area contributed by atoms with E-state index in [0.717, 1.165) is 38.4 Å². The fraction of sp³-hybridized carbons (Fsp3) is 0.846. The standard InChI is InChI=1S/C13H26N4O.HI/c1-5-15-13(16(3)4)17-8-6-11(7-9-17)10-12(18)14-2;/h11H,5-10H2,1-4H3,(H,14,18);1H. The summed E-state index contributed by atoms with van der Waals surface area (Å²) in [5.41, 5.74) is 0. The number of likely N-dealkylation sites (tertiary alicyclic amines) is 1. The molecule has 1 saturated heterocycles. The third-order valence-electron chi connectivity index (χ3n) is 3.35. The van der Waals surface area contributed by atoms with Crippen molar-refractivity contribution in [1.82, 2.24) is 15.1 Å². The van der Waals surface area contributed by atoms with E-state index >= 15 is 0 Å². The summed E-state index contributed by atoms with van der Waals surface area (Å²) in [5.74, 6) is 1.74. The molecule has 1 N–H and O–H groups in total. The lowest BCUT2D eigenvalue weighted by molar-refractivity contribution is -0.121. The van der Waals surface area contributed by atoms with E-state index in [1.165, 1.54) is 0 Å². The van der Waals surface area contributed by atoms with E-state index < -0.39 is 0 Å². The molecule has 1 fully saturated rings. The first kappa shape index (κ1) is 18.5. The molecule has 1 aliphatic rings. The van der Waals surface area contributed by atoms with E-state index in [2.05, 4.69) is 27.0 Å². The van der Waals surface area contributed by atoms with E-state index in [1.807, 2.05) is 14.1 Å². The fourth-order valence-electron chi connectivity index (χ4n) is 2.37. The Balaban J connectivity index is 0.00000324. The number of guanidine groups is 1.